The monoisotopic (exact) mass is 866 g/mol. The van der Waals surface area contributed by atoms with Gasteiger partial charge in [0.15, 0.2) is 11.9 Å². The van der Waals surface area contributed by atoms with Gasteiger partial charge >= 0.3 is 25.7 Å². The quantitative estimate of drug-likeness (QED) is 0.0197. The molecule has 1 aliphatic rings. The van der Waals surface area contributed by atoms with Crippen LogP contribution in [0.15, 0.2) is 60.8 Å². The fourth-order valence-electron chi connectivity index (χ4n) is 6.32. The fraction of sp³-hybridized carbons (Fsp3) is 0.696. The molecular weight excluding hydrogens is 789 g/mol. The van der Waals surface area contributed by atoms with Crippen LogP contribution in [-0.4, -0.2) is 76.9 Å². The van der Waals surface area contributed by atoms with E-state index in [-0.39, 0.29) is 30.5 Å². The number of carboxylic acids is 1. The van der Waals surface area contributed by atoms with E-state index in [0.717, 1.165) is 64.2 Å². The highest BCUT2D eigenvalue weighted by Gasteiger charge is 2.29. The number of aliphatic hydroxyl groups excluding tert-OH is 1. The number of ether oxygens (including phenoxy) is 2. The van der Waals surface area contributed by atoms with Gasteiger partial charge in [-0.2, -0.15) is 0 Å². The number of esters is 2. The van der Waals surface area contributed by atoms with Crippen molar-refractivity contribution in [3.63, 3.8) is 0 Å². The van der Waals surface area contributed by atoms with Gasteiger partial charge in [-0.1, -0.05) is 133 Å². The highest BCUT2D eigenvalue weighted by molar-refractivity contribution is 7.47. The number of nitrogens with two attached hydrogens (primary N) is 1. The first-order chi connectivity index (χ1) is 28.9. The molecule has 0 radical (unpaired) electrons. The van der Waals surface area contributed by atoms with Crippen LogP contribution >= 0.6 is 7.82 Å². The molecule has 1 unspecified atom stereocenters. The van der Waals surface area contributed by atoms with E-state index < -0.39 is 63.8 Å². The number of allylic oxidation sites excluding steroid dienone is 9. The van der Waals surface area contributed by atoms with Gasteiger partial charge in [0.1, 0.15) is 12.6 Å². The summed E-state index contributed by atoms with van der Waals surface area (Å²) in [6.45, 7) is 2.46. The first kappa shape index (κ1) is 54.8. The number of carbonyl (C=O) groups excluding carboxylic acids is 3. The third-order valence-corrected chi connectivity index (χ3v) is 10.9. The Morgan fingerprint density at radius 3 is 2.03 bits per heavy atom. The highest BCUT2D eigenvalue weighted by Crippen LogP contribution is 2.43. The summed E-state index contributed by atoms with van der Waals surface area (Å²) in [5.74, 6) is -2.89. The van der Waals surface area contributed by atoms with E-state index in [1.807, 2.05) is 18.2 Å². The summed E-state index contributed by atoms with van der Waals surface area (Å²) in [5.41, 5.74) is 5.33. The van der Waals surface area contributed by atoms with E-state index in [9.17, 15) is 33.7 Å². The summed E-state index contributed by atoms with van der Waals surface area (Å²) in [4.78, 5) is 58.6. The predicted molar refractivity (Wildman–Crippen MR) is 235 cm³/mol. The van der Waals surface area contributed by atoms with Gasteiger partial charge in [0.2, 0.25) is 0 Å². The molecule has 342 valence electrons. The highest BCUT2D eigenvalue weighted by atomic mass is 31.2. The van der Waals surface area contributed by atoms with E-state index >= 15 is 0 Å². The summed E-state index contributed by atoms with van der Waals surface area (Å²) in [6.07, 6.45) is 37.7. The Bertz CT molecular complexity index is 1390. The molecule has 0 amide bonds. The molecular formula is C46H76NO12P. The average molecular weight is 866 g/mol. The smallest absolute Gasteiger partial charge is 0.472 e. The van der Waals surface area contributed by atoms with Crippen molar-refractivity contribution in [2.24, 2.45) is 17.6 Å². The van der Waals surface area contributed by atoms with E-state index in [0.29, 0.717) is 32.1 Å². The maximum atomic E-state index is 12.7. The molecule has 14 heteroatoms. The van der Waals surface area contributed by atoms with Crippen LogP contribution in [0.5, 0.6) is 0 Å². The van der Waals surface area contributed by atoms with Crippen molar-refractivity contribution < 1.29 is 57.4 Å². The molecule has 13 nitrogen and oxygen atoms in total. The topological polar surface area (TPSA) is 209 Å². The number of aliphatic carboxylic acids is 1. The van der Waals surface area contributed by atoms with Crippen molar-refractivity contribution in [2.75, 3.05) is 19.8 Å². The van der Waals surface area contributed by atoms with Crippen molar-refractivity contribution in [1.82, 2.24) is 0 Å². The summed E-state index contributed by atoms with van der Waals surface area (Å²) < 4.78 is 32.7. The second-order valence-corrected chi connectivity index (χ2v) is 16.9. The number of rotatable bonds is 38. The molecule has 60 heavy (non-hydrogen) atoms. The van der Waals surface area contributed by atoms with E-state index in [2.05, 4.69) is 42.7 Å². The number of hydrogen-bond acceptors (Lipinski definition) is 11. The third-order valence-electron chi connectivity index (χ3n) is 9.99. The lowest BCUT2D eigenvalue weighted by Crippen LogP contribution is -2.34. The number of phosphoric acid groups is 1. The summed E-state index contributed by atoms with van der Waals surface area (Å²) in [5, 5.41) is 19.1. The fourth-order valence-corrected chi connectivity index (χ4v) is 7.10. The Morgan fingerprint density at radius 1 is 0.767 bits per heavy atom. The molecule has 0 aromatic carbocycles. The number of unbranched alkanes of at least 4 members (excludes halogenated alkanes) is 13. The van der Waals surface area contributed by atoms with Crippen molar-refractivity contribution in [3.8, 4) is 0 Å². The van der Waals surface area contributed by atoms with Crippen LogP contribution in [0.1, 0.15) is 155 Å². The standard InChI is InChI=1S/C46H76NO12P/c1-3-5-7-8-9-10-11-12-13-14-15-16-17-18-19-20-25-29-44(50)56-35-40(36-57-60(54,55)58-37-42(47)46(52)53)59-45(51)30-26-22-21-24-27-38-31-34-43(49)41(38)33-32-39(48)28-23-6-4-2/h9-10,12-13,21,24,31-34,38-42,48H,3-8,11,14-20,22-23,25-30,35-37,47H2,1-2H3,(H,52,53)(H,54,55)/b10-9-,13-12-,24-21-,33-32+/t38-,39-,40+,41+,42-/m0/s1. The number of carbonyl (C=O) groups is 4. The van der Waals surface area contributed by atoms with E-state index in [1.54, 1.807) is 18.2 Å². The Hall–Kier alpha value is -3.19. The minimum absolute atomic E-state index is 0.00614. The van der Waals surface area contributed by atoms with Crippen LogP contribution in [0.25, 0.3) is 0 Å². The summed E-state index contributed by atoms with van der Waals surface area (Å²) in [6, 6.07) is -1.56. The molecule has 1 aliphatic carbocycles. The zero-order valence-corrected chi connectivity index (χ0v) is 37.3. The number of aliphatic hydroxyl groups is 1. The van der Waals surface area contributed by atoms with Gasteiger partial charge in [-0.05, 0) is 76.2 Å². The van der Waals surface area contributed by atoms with Gasteiger partial charge in [-0.15, -0.1) is 0 Å². The molecule has 0 saturated heterocycles. The molecule has 0 saturated carbocycles. The number of hydrogen-bond donors (Lipinski definition) is 4. The van der Waals surface area contributed by atoms with E-state index in [4.69, 9.17) is 24.8 Å². The summed E-state index contributed by atoms with van der Waals surface area (Å²) in [7, 11) is -4.78. The Morgan fingerprint density at radius 2 is 1.35 bits per heavy atom. The van der Waals surface area contributed by atoms with Crippen molar-refractivity contribution in [3.05, 3.63) is 60.8 Å². The van der Waals surface area contributed by atoms with Crippen LogP contribution in [0.3, 0.4) is 0 Å². The molecule has 6 atom stereocenters. The SMILES string of the molecule is CCCCC/C=C\C/C=C\CCCCCCCCCC(=O)OC[C@H](COP(=O)(O)OC[C@H](N)C(=O)O)OC(=O)CCC/C=C\C[C@H]1C=CC(=O)[C@@H]1/C=C/[C@@H](O)CCCCC. The van der Waals surface area contributed by atoms with Gasteiger partial charge in [-0.3, -0.25) is 28.2 Å². The zero-order valence-electron chi connectivity index (χ0n) is 36.4. The molecule has 0 fully saturated rings. The lowest BCUT2D eigenvalue weighted by Gasteiger charge is -2.20. The zero-order chi connectivity index (χ0) is 44.3. The maximum absolute atomic E-state index is 12.7. The van der Waals surface area contributed by atoms with Crippen LogP contribution in [0.2, 0.25) is 0 Å². The number of carboxylic acid groups (broad SMARTS) is 1. The average Bonchev–Trinajstić information content (AvgIpc) is 3.57. The lowest BCUT2D eigenvalue weighted by atomic mass is 9.90. The predicted octanol–water partition coefficient (Wildman–Crippen LogP) is 9.57. The largest absolute Gasteiger partial charge is 0.480 e. The second kappa shape index (κ2) is 35.4. The van der Waals surface area contributed by atoms with Gasteiger partial charge in [-0.25, -0.2) is 4.57 Å². The van der Waals surface area contributed by atoms with Crippen LogP contribution in [-0.2, 0) is 42.3 Å². The molecule has 0 spiro atoms. The number of ketones is 1. The minimum atomic E-state index is -4.78. The molecule has 0 aliphatic heterocycles. The molecule has 5 N–H and O–H groups in total. The number of phosphoric ester groups is 1. The van der Waals surface area contributed by atoms with Crippen molar-refractivity contribution in [2.45, 2.75) is 173 Å². The first-order valence-corrected chi connectivity index (χ1v) is 23.9. The normalized spacial score (nSPS) is 18.2. The Labute approximate surface area is 359 Å². The molecule has 0 bridgehead atoms. The Kier molecular flexibility index (Phi) is 32.4. The van der Waals surface area contributed by atoms with Crippen LogP contribution in [0, 0.1) is 11.8 Å². The van der Waals surface area contributed by atoms with Crippen molar-refractivity contribution >= 4 is 31.5 Å². The lowest BCUT2D eigenvalue weighted by molar-refractivity contribution is -0.161. The van der Waals surface area contributed by atoms with Crippen molar-refractivity contribution in [1.29, 1.82) is 0 Å². The van der Waals surface area contributed by atoms with Gasteiger partial charge in [0, 0.05) is 18.8 Å². The molecule has 0 heterocycles. The van der Waals surface area contributed by atoms with Gasteiger partial charge < -0.3 is 30.3 Å². The van der Waals surface area contributed by atoms with Gasteiger partial charge in [0.25, 0.3) is 0 Å². The van der Waals surface area contributed by atoms with Gasteiger partial charge in [0.05, 0.1) is 19.3 Å². The minimum Gasteiger partial charge on any atom is -0.480 e. The van der Waals surface area contributed by atoms with E-state index in [1.165, 1.54) is 32.1 Å². The summed E-state index contributed by atoms with van der Waals surface area (Å²) >= 11 is 0. The third kappa shape index (κ3) is 29.9. The molecule has 1 rings (SSSR count). The Balaban J connectivity index is 2.46. The molecule has 0 aromatic rings. The van der Waals surface area contributed by atoms with Crippen LogP contribution in [0.4, 0.5) is 0 Å². The first-order valence-electron chi connectivity index (χ1n) is 22.4. The molecule has 0 aromatic heterocycles. The van der Waals surface area contributed by atoms with Crippen LogP contribution < -0.4 is 5.73 Å². The maximum Gasteiger partial charge on any atom is 0.472 e. The second-order valence-electron chi connectivity index (χ2n) is 15.5.